The minimum atomic E-state index is -2.84. The Morgan fingerprint density at radius 2 is 2.08 bits per heavy atom. The van der Waals surface area contributed by atoms with Gasteiger partial charge in [-0.25, -0.2) is 8.42 Å². The van der Waals surface area contributed by atoms with E-state index in [4.69, 9.17) is 4.42 Å². The molecule has 24 heavy (non-hydrogen) atoms. The van der Waals surface area contributed by atoms with Gasteiger partial charge in [0.2, 0.25) is 5.91 Å². The van der Waals surface area contributed by atoms with E-state index < -0.39 is 9.84 Å². The van der Waals surface area contributed by atoms with Crippen LogP contribution in [0.25, 0.3) is 0 Å². The lowest BCUT2D eigenvalue weighted by Crippen LogP contribution is -2.45. The Morgan fingerprint density at radius 1 is 1.29 bits per heavy atom. The minimum absolute atomic E-state index is 0.0582. The Hall–Kier alpha value is -1.34. The number of likely N-dealkylation sites (tertiary alicyclic amines) is 1. The maximum Gasteiger partial charge on any atom is 0.223 e. The van der Waals surface area contributed by atoms with E-state index in [2.05, 4.69) is 10.2 Å². The molecule has 1 atom stereocenters. The number of nitrogens with zero attached hydrogens (tertiary/aromatic N) is 1. The van der Waals surface area contributed by atoms with Gasteiger partial charge in [0.15, 0.2) is 9.84 Å². The SMILES string of the molecule is O=C(NCCCc1ccco1)C1CCN([C@@H]2CCS(=O)(=O)C2)CC1. The number of furan rings is 1. The molecule has 0 bridgehead atoms. The molecule has 0 aromatic carbocycles. The molecule has 2 saturated heterocycles. The molecule has 0 unspecified atom stereocenters. The van der Waals surface area contributed by atoms with E-state index in [0.29, 0.717) is 12.3 Å². The van der Waals surface area contributed by atoms with Crippen molar-refractivity contribution in [2.75, 3.05) is 31.1 Å². The zero-order valence-corrected chi connectivity index (χ0v) is 14.8. The van der Waals surface area contributed by atoms with Crippen molar-refractivity contribution < 1.29 is 17.6 Å². The van der Waals surface area contributed by atoms with Gasteiger partial charge in [-0.05, 0) is 50.9 Å². The molecule has 1 aromatic rings. The first-order valence-electron chi connectivity index (χ1n) is 8.78. The third-order valence-corrected chi connectivity index (χ3v) is 6.85. The van der Waals surface area contributed by atoms with Gasteiger partial charge in [-0.2, -0.15) is 0 Å². The van der Waals surface area contributed by atoms with Crippen LogP contribution >= 0.6 is 0 Å². The number of nitrogens with one attached hydrogen (secondary N) is 1. The number of rotatable bonds is 6. The van der Waals surface area contributed by atoms with Crippen LogP contribution in [0.4, 0.5) is 0 Å². The normalized spacial score (nSPS) is 24.9. The second-order valence-electron chi connectivity index (χ2n) is 6.84. The summed E-state index contributed by atoms with van der Waals surface area (Å²) in [4.78, 5) is 14.5. The number of carbonyl (C=O) groups excluding carboxylic acids is 1. The largest absolute Gasteiger partial charge is 0.469 e. The van der Waals surface area contributed by atoms with Crippen molar-refractivity contribution in [1.29, 1.82) is 0 Å². The van der Waals surface area contributed by atoms with Gasteiger partial charge in [0.25, 0.3) is 0 Å². The van der Waals surface area contributed by atoms with E-state index in [1.165, 1.54) is 0 Å². The molecule has 7 heteroatoms. The van der Waals surface area contributed by atoms with E-state index in [0.717, 1.165) is 51.0 Å². The van der Waals surface area contributed by atoms with Crippen LogP contribution in [0, 0.1) is 5.92 Å². The van der Waals surface area contributed by atoms with E-state index in [-0.39, 0.29) is 23.6 Å². The molecule has 0 saturated carbocycles. The van der Waals surface area contributed by atoms with Crippen molar-refractivity contribution >= 4 is 15.7 Å². The summed E-state index contributed by atoms with van der Waals surface area (Å²) in [5, 5.41) is 3.02. The first-order valence-corrected chi connectivity index (χ1v) is 10.6. The average Bonchev–Trinajstić information content (AvgIpc) is 3.21. The highest BCUT2D eigenvalue weighted by molar-refractivity contribution is 7.91. The summed E-state index contributed by atoms with van der Waals surface area (Å²) in [7, 11) is -2.84. The van der Waals surface area contributed by atoms with Crippen molar-refractivity contribution in [3.63, 3.8) is 0 Å². The molecule has 1 N–H and O–H groups in total. The molecular weight excluding hydrogens is 328 g/mol. The summed E-state index contributed by atoms with van der Waals surface area (Å²) in [6, 6.07) is 3.98. The molecule has 1 aromatic heterocycles. The lowest BCUT2D eigenvalue weighted by Gasteiger charge is -2.34. The second kappa shape index (κ2) is 7.70. The van der Waals surface area contributed by atoms with Gasteiger partial charge in [-0.1, -0.05) is 0 Å². The Labute approximate surface area is 143 Å². The van der Waals surface area contributed by atoms with Gasteiger partial charge in [0.05, 0.1) is 17.8 Å². The number of piperidine rings is 1. The predicted molar refractivity (Wildman–Crippen MR) is 91.4 cm³/mol. The lowest BCUT2D eigenvalue weighted by atomic mass is 9.94. The van der Waals surface area contributed by atoms with Crippen LogP contribution in [0.15, 0.2) is 22.8 Å². The first kappa shape index (κ1) is 17.5. The number of hydrogen-bond acceptors (Lipinski definition) is 5. The molecule has 2 aliphatic rings. The highest BCUT2D eigenvalue weighted by Crippen LogP contribution is 2.24. The third kappa shape index (κ3) is 4.60. The van der Waals surface area contributed by atoms with Crippen molar-refractivity contribution in [1.82, 2.24) is 10.2 Å². The summed E-state index contributed by atoms with van der Waals surface area (Å²) in [6.07, 6.45) is 5.75. The summed E-state index contributed by atoms with van der Waals surface area (Å²) in [5.41, 5.74) is 0. The van der Waals surface area contributed by atoms with E-state index in [1.807, 2.05) is 12.1 Å². The molecular formula is C17H26N2O4S. The highest BCUT2D eigenvalue weighted by atomic mass is 32.2. The van der Waals surface area contributed by atoms with Gasteiger partial charge in [0, 0.05) is 24.9 Å². The summed E-state index contributed by atoms with van der Waals surface area (Å²) >= 11 is 0. The first-order chi connectivity index (χ1) is 11.5. The van der Waals surface area contributed by atoms with Crippen molar-refractivity contribution in [2.45, 2.75) is 38.1 Å². The van der Waals surface area contributed by atoms with Crippen LogP contribution in [0.2, 0.25) is 0 Å². The van der Waals surface area contributed by atoms with Crippen LogP contribution in [-0.4, -0.2) is 56.4 Å². The van der Waals surface area contributed by atoms with Gasteiger partial charge in [0.1, 0.15) is 5.76 Å². The maximum atomic E-state index is 12.2. The number of sulfone groups is 1. The van der Waals surface area contributed by atoms with E-state index in [1.54, 1.807) is 6.26 Å². The fourth-order valence-electron chi connectivity index (χ4n) is 3.66. The third-order valence-electron chi connectivity index (χ3n) is 5.10. The zero-order valence-electron chi connectivity index (χ0n) is 13.9. The van der Waals surface area contributed by atoms with E-state index in [9.17, 15) is 13.2 Å². The lowest BCUT2D eigenvalue weighted by molar-refractivity contribution is -0.126. The van der Waals surface area contributed by atoms with Crippen LogP contribution in [0.5, 0.6) is 0 Å². The number of amides is 1. The standard InChI is InChI=1S/C17H26N2O4S/c20-17(18-8-1-3-16-4-2-11-23-16)14-5-9-19(10-6-14)15-7-12-24(21,22)13-15/h2,4,11,14-15H,1,3,5-10,12-13H2,(H,18,20)/t15-/m1/s1. The quantitative estimate of drug-likeness (QED) is 0.777. The molecule has 0 spiro atoms. The fraction of sp³-hybridized carbons (Fsp3) is 0.706. The molecule has 6 nitrogen and oxygen atoms in total. The molecule has 3 heterocycles. The van der Waals surface area contributed by atoms with Gasteiger partial charge < -0.3 is 9.73 Å². The molecule has 1 amide bonds. The molecule has 2 fully saturated rings. The smallest absolute Gasteiger partial charge is 0.223 e. The Morgan fingerprint density at radius 3 is 2.71 bits per heavy atom. The maximum absolute atomic E-state index is 12.2. The molecule has 0 aliphatic carbocycles. The van der Waals surface area contributed by atoms with Crippen LogP contribution < -0.4 is 5.32 Å². The molecule has 0 radical (unpaired) electrons. The summed E-state index contributed by atoms with van der Waals surface area (Å²) in [6.45, 7) is 2.32. The Balaban J connectivity index is 1.34. The number of hydrogen-bond donors (Lipinski definition) is 1. The summed E-state index contributed by atoms with van der Waals surface area (Å²) in [5.74, 6) is 1.74. The molecule has 2 aliphatic heterocycles. The van der Waals surface area contributed by atoms with Gasteiger partial charge in [-0.3, -0.25) is 9.69 Å². The average molecular weight is 354 g/mol. The zero-order chi connectivity index (χ0) is 17.0. The minimum Gasteiger partial charge on any atom is -0.469 e. The highest BCUT2D eigenvalue weighted by Gasteiger charge is 2.35. The van der Waals surface area contributed by atoms with Crippen LogP contribution in [0.1, 0.15) is 31.4 Å². The van der Waals surface area contributed by atoms with Gasteiger partial charge >= 0.3 is 0 Å². The van der Waals surface area contributed by atoms with Gasteiger partial charge in [-0.15, -0.1) is 0 Å². The van der Waals surface area contributed by atoms with Crippen molar-refractivity contribution in [2.24, 2.45) is 5.92 Å². The summed E-state index contributed by atoms with van der Waals surface area (Å²) < 4.78 is 28.5. The van der Waals surface area contributed by atoms with Crippen LogP contribution in [-0.2, 0) is 21.1 Å². The monoisotopic (exact) mass is 354 g/mol. The second-order valence-corrected chi connectivity index (χ2v) is 9.07. The van der Waals surface area contributed by atoms with E-state index >= 15 is 0 Å². The molecule has 3 rings (SSSR count). The Bertz CT molecular complexity index is 634. The van der Waals surface area contributed by atoms with Crippen LogP contribution in [0.3, 0.4) is 0 Å². The topological polar surface area (TPSA) is 79.6 Å². The Kier molecular flexibility index (Phi) is 5.61. The van der Waals surface area contributed by atoms with Crippen molar-refractivity contribution in [3.8, 4) is 0 Å². The van der Waals surface area contributed by atoms with Crippen molar-refractivity contribution in [3.05, 3.63) is 24.2 Å². The number of aryl methyl sites for hydroxylation is 1. The predicted octanol–water partition coefficient (Wildman–Crippen LogP) is 1.23. The fourth-order valence-corrected chi connectivity index (χ4v) is 5.43. The number of carbonyl (C=O) groups is 1. The molecule has 134 valence electrons.